The highest BCUT2D eigenvalue weighted by atomic mass is 16.5. The van der Waals surface area contributed by atoms with E-state index in [4.69, 9.17) is 4.74 Å². The molecule has 2 amide bonds. The zero-order chi connectivity index (χ0) is 23.6. The summed E-state index contributed by atoms with van der Waals surface area (Å²) >= 11 is 0. The lowest BCUT2D eigenvalue weighted by Gasteiger charge is -2.42. The largest absolute Gasteiger partial charge is 0.504 e. The van der Waals surface area contributed by atoms with Crippen molar-refractivity contribution in [2.45, 2.75) is 32.6 Å². The standard InChI is InChI=1S/C25H23NO7/c1-3-33-18-6-4-5-13(23(18)29)19-12-7-8-14-20(25(31)26(32)24(14)30)15(12)10-16-17(27)9-11(2)22(28)21(16)19/h4-7,9,14-15,19-20,29,32H,3,8,10H2,1-2H3/t14-,15+,19+,20-/m0/s1. The number of hydroxylamine groups is 2. The maximum atomic E-state index is 13.3. The van der Waals surface area contributed by atoms with Gasteiger partial charge in [-0.3, -0.25) is 24.4 Å². The molecule has 1 fully saturated rings. The third kappa shape index (κ3) is 2.94. The summed E-state index contributed by atoms with van der Waals surface area (Å²) in [7, 11) is 0. The highest BCUT2D eigenvalue weighted by Crippen LogP contribution is 2.56. The van der Waals surface area contributed by atoms with Crippen molar-refractivity contribution < 1.29 is 34.2 Å². The van der Waals surface area contributed by atoms with Gasteiger partial charge in [-0.2, -0.15) is 5.06 Å². The van der Waals surface area contributed by atoms with E-state index in [1.165, 1.54) is 6.08 Å². The van der Waals surface area contributed by atoms with Crippen molar-refractivity contribution in [1.29, 1.82) is 0 Å². The van der Waals surface area contributed by atoms with E-state index >= 15 is 0 Å². The molecule has 0 unspecified atom stereocenters. The number of carbonyl (C=O) groups excluding carboxylic acids is 4. The number of imide groups is 1. The number of ketones is 2. The van der Waals surface area contributed by atoms with Gasteiger partial charge in [0.15, 0.2) is 23.1 Å². The minimum Gasteiger partial charge on any atom is -0.504 e. The van der Waals surface area contributed by atoms with Crippen LogP contribution in [0.2, 0.25) is 0 Å². The fourth-order valence-corrected chi connectivity index (χ4v) is 5.74. The van der Waals surface area contributed by atoms with E-state index in [1.54, 1.807) is 32.0 Å². The van der Waals surface area contributed by atoms with Gasteiger partial charge in [0.1, 0.15) is 0 Å². The molecule has 0 aromatic heterocycles. The highest BCUT2D eigenvalue weighted by molar-refractivity contribution is 6.23. The first-order chi connectivity index (χ1) is 15.8. The number of amides is 2. The number of benzene rings is 1. The first-order valence-corrected chi connectivity index (χ1v) is 11.0. The van der Waals surface area contributed by atoms with Crippen molar-refractivity contribution in [2.75, 3.05) is 6.61 Å². The van der Waals surface area contributed by atoms with Crippen LogP contribution in [0.4, 0.5) is 0 Å². The number of rotatable bonds is 3. The molecule has 33 heavy (non-hydrogen) atoms. The van der Waals surface area contributed by atoms with Crippen molar-refractivity contribution in [3.05, 3.63) is 58.2 Å². The van der Waals surface area contributed by atoms with Crippen LogP contribution in [0.5, 0.6) is 11.5 Å². The van der Waals surface area contributed by atoms with E-state index in [0.29, 0.717) is 28.9 Å². The van der Waals surface area contributed by atoms with Crippen molar-refractivity contribution in [3.8, 4) is 11.5 Å². The Morgan fingerprint density at radius 2 is 1.88 bits per heavy atom. The van der Waals surface area contributed by atoms with Gasteiger partial charge in [-0.15, -0.1) is 0 Å². The van der Waals surface area contributed by atoms with Gasteiger partial charge < -0.3 is 9.84 Å². The Hall–Kier alpha value is -3.52. The predicted octanol–water partition coefficient (Wildman–Crippen LogP) is 2.61. The Morgan fingerprint density at radius 3 is 2.61 bits per heavy atom. The molecule has 8 nitrogen and oxygen atoms in total. The summed E-state index contributed by atoms with van der Waals surface area (Å²) in [4.78, 5) is 51.5. The molecule has 2 N–H and O–H groups in total. The molecule has 3 aliphatic carbocycles. The van der Waals surface area contributed by atoms with Gasteiger partial charge in [-0.25, -0.2) is 0 Å². The topological polar surface area (TPSA) is 121 Å². The minimum atomic E-state index is -0.828. The molecule has 4 atom stereocenters. The number of phenolic OH excluding ortho intramolecular Hbond substituents is 1. The molecule has 1 heterocycles. The quantitative estimate of drug-likeness (QED) is 0.315. The fourth-order valence-electron chi connectivity index (χ4n) is 5.74. The fraction of sp³-hybridized carbons (Fsp3) is 0.360. The maximum absolute atomic E-state index is 13.3. The lowest BCUT2D eigenvalue weighted by molar-refractivity contribution is -0.173. The molecule has 0 saturated carbocycles. The second kappa shape index (κ2) is 7.52. The van der Waals surface area contributed by atoms with Crippen LogP contribution in [0.15, 0.2) is 52.6 Å². The van der Waals surface area contributed by atoms with Crippen molar-refractivity contribution >= 4 is 23.4 Å². The summed E-state index contributed by atoms with van der Waals surface area (Å²) in [6.45, 7) is 3.69. The SMILES string of the molecule is CCOc1cccc([C@H]2C3=CC[C@@H]4C(=O)N(O)C(=O)[C@@H]4[C@@H]3CC3=C2C(=O)C(C)=CC3=O)c1O. The van der Waals surface area contributed by atoms with E-state index in [1.807, 2.05) is 6.08 Å². The summed E-state index contributed by atoms with van der Waals surface area (Å²) < 4.78 is 5.54. The lowest BCUT2D eigenvalue weighted by atomic mass is 9.59. The molecule has 0 bridgehead atoms. The number of carbonyl (C=O) groups is 4. The second-order valence-corrected chi connectivity index (χ2v) is 8.84. The monoisotopic (exact) mass is 449 g/mol. The average molecular weight is 449 g/mol. The van der Waals surface area contributed by atoms with Crippen LogP contribution < -0.4 is 4.74 Å². The Bertz CT molecular complexity index is 1220. The molecule has 8 heteroatoms. The molecule has 170 valence electrons. The van der Waals surface area contributed by atoms with Crippen LogP contribution in [-0.2, 0) is 19.2 Å². The Kier molecular flexibility index (Phi) is 4.86. The van der Waals surface area contributed by atoms with Gasteiger partial charge in [-0.1, -0.05) is 23.8 Å². The van der Waals surface area contributed by atoms with E-state index in [0.717, 1.165) is 0 Å². The van der Waals surface area contributed by atoms with Crippen LogP contribution in [0, 0.1) is 17.8 Å². The Labute approximate surface area is 189 Å². The highest BCUT2D eigenvalue weighted by Gasteiger charge is 2.56. The van der Waals surface area contributed by atoms with Crippen LogP contribution in [-0.4, -0.2) is 45.4 Å². The number of phenols is 1. The van der Waals surface area contributed by atoms with Gasteiger partial charge in [0.25, 0.3) is 11.8 Å². The van der Waals surface area contributed by atoms with Crippen LogP contribution in [0.3, 0.4) is 0 Å². The van der Waals surface area contributed by atoms with Crippen LogP contribution in [0.1, 0.15) is 38.2 Å². The van der Waals surface area contributed by atoms with Crippen LogP contribution >= 0.6 is 0 Å². The first-order valence-electron chi connectivity index (χ1n) is 11.0. The van der Waals surface area contributed by atoms with Crippen molar-refractivity contribution in [3.63, 3.8) is 0 Å². The molecule has 1 saturated heterocycles. The number of hydrogen-bond acceptors (Lipinski definition) is 7. The smallest absolute Gasteiger partial charge is 0.257 e. The van der Waals surface area contributed by atoms with E-state index in [9.17, 15) is 29.5 Å². The maximum Gasteiger partial charge on any atom is 0.257 e. The number of nitrogens with zero attached hydrogens (tertiary/aromatic N) is 1. The zero-order valence-corrected chi connectivity index (χ0v) is 18.2. The van der Waals surface area contributed by atoms with Crippen molar-refractivity contribution in [1.82, 2.24) is 5.06 Å². The number of Topliss-reactive ketones (excluding diaryl/α,β-unsaturated/α-hetero) is 1. The molecule has 1 aromatic rings. The Morgan fingerprint density at radius 1 is 1.12 bits per heavy atom. The molecule has 1 aromatic carbocycles. The number of aromatic hydroxyl groups is 1. The van der Waals surface area contributed by atoms with Gasteiger partial charge >= 0.3 is 0 Å². The molecule has 4 aliphatic rings. The number of ether oxygens (including phenoxy) is 1. The molecular weight excluding hydrogens is 426 g/mol. The van der Waals surface area contributed by atoms with Gasteiger partial charge in [0.05, 0.1) is 18.4 Å². The van der Waals surface area contributed by atoms with Crippen LogP contribution in [0.25, 0.3) is 0 Å². The molecule has 0 radical (unpaired) electrons. The molecule has 1 aliphatic heterocycles. The van der Waals surface area contributed by atoms with E-state index in [-0.39, 0.29) is 46.5 Å². The third-order valence-electron chi connectivity index (χ3n) is 7.18. The lowest BCUT2D eigenvalue weighted by Crippen LogP contribution is -2.39. The number of para-hydroxylation sites is 1. The summed E-state index contributed by atoms with van der Waals surface area (Å²) in [5, 5.41) is 21.2. The number of fused-ring (bicyclic) bond motifs is 3. The normalized spacial score (nSPS) is 28.9. The molecular formula is C25H23NO7. The number of hydrogen-bond donors (Lipinski definition) is 2. The Balaban J connectivity index is 1.73. The van der Waals surface area contributed by atoms with Crippen molar-refractivity contribution in [2.24, 2.45) is 17.8 Å². The summed E-state index contributed by atoms with van der Waals surface area (Å²) in [5.41, 5.74) is 1.99. The minimum absolute atomic E-state index is 0.117. The zero-order valence-electron chi connectivity index (χ0n) is 18.2. The molecule has 5 rings (SSSR count). The average Bonchev–Trinajstić information content (AvgIpc) is 3.02. The van der Waals surface area contributed by atoms with E-state index in [2.05, 4.69) is 0 Å². The van der Waals surface area contributed by atoms with Gasteiger partial charge in [-0.05, 0) is 44.7 Å². The third-order valence-corrected chi connectivity index (χ3v) is 7.18. The second-order valence-electron chi connectivity index (χ2n) is 8.84. The van der Waals surface area contributed by atoms with E-state index < -0.39 is 35.5 Å². The van der Waals surface area contributed by atoms with Gasteiger partial charge in [0, 0.05) is 28.2 Å². The predicted molar refractivity (Wildman–Crippen MR) is 114 cm³/mol. The summed E-state index contributed by atoms with van der Waals surface area (Å²) in [6, 6.07) is 4.99. The first kappa shape index (κ1) is 21.3. The molecule has 0 spiro atoms. The summed E-state index contributed by atoms with van der Waals surface area (Å²) in [6.07, 6.45) is 3.46. The summed E-state index contributed by atoms with van der Waals surface area (Å²) in [5.74, 6) is -4.69. The van der Waals surface area contributed by atoms with Gasteiger partial charge in [0.2, 0.25) is 0 Å². The number of allylic oxidation sites excluding steroid dienone is 6.